The molecule has 1 aromatic carbocycles. The molecule has 0 radical (unpaired) electrons. The number of guanidine groups is 1. The first-order valence-electron chi connectivity index (χ1n) is 11.2. The largest absolute Gasteiger partial charge is 0.379 e. The third kappa shape index (κ3) is 8.14. The molecule has 1 aromatic rings. The molecule has 2 fully saturated rings. The molecule has 0 atom stereocenters. The van der Waals surface area contributed by atoms with Crippen molar-refractivity contribution in [1.82, 2.24) is 20.4 Å². The highest BCUT2D eigenvalue weighted by atomic mass is 127. The van der Waals surface area contributed by atoms with E-state index in [4.69, 9.17) is 4.74 Å². The van der Waals surface area contributed by atoms with Gasteiger partial charge in [-0.3, -0.25) is 14.8 Å². The number of rotatable bonds is 7. The van der Waals surface area contributed by atoms with E-state index in [1.165, 1.54) is 0 Å². The third-order valence-corrected chi connectivity index (χ3v) is 6.40. The van der Waals surface area contributed by atoms with Crippen LogP contribution >= 0.6 is 24.0 Å². The highest BCUT2D eigenvalue weighted by Gasteiger charge is 2.28. The lowest BCUT2D eigenvalue weighted by molar-refractivity contribution is -0.00834. The predicted molar refractivity (Wildman–Crippen MR) is 136 cm³/mol. The van der Waals surface area contributed by atoms with Crippen molar-refractivity contribution < 1.29 is 9.13 Å². The fourth-order valence-corrected chi connectivity index (χ4v) is 4.26. The summed E-state index contributed by atoms with van der Waals surface area (Å²) in [7, 11) is 1.83. The van der Waals surface area contributed by atoms with E-state index in [0.29, 0.717) is 12.5 Å². The van der Waals surface area contributed by atoms with Crippen molar-refractivity contribution in [3.8, 4) is 0 Å². The molecule has 3 rings (SSSR count). The van der Waals surface area contributed by atoms with Crippen LogP contribution in [0.5, 0.6) is 0 Å². The van der Waals surface area contributed by atoms with Crippen LogP contribution in [0.1, 0.15) is 32.3 Å². The molecule has 2 heterocycles. The lowest BCUT2D eigenvalue weighted by Gasteiger charge is -2.41. The van der Waals surface area contributed by atoms with E-state index >= 15 is 0 Å². The fourth-order valence-electron chi connectivity index (χ4n) is 4.26. The molecular formula is C23H39FIN5O. The summed E-state index contributed by atoms with van der Waals surface area (Å²) in [4.78, 5) is 9.23. The normalized spacial score (nSPS) is 19.7. The summed E-state index contributed by atoms with van der Waals surface area (Å²) in [5.74, 6) is 1.38. The molecule has 0 saturated carbocycles. The molecule has 0 spiro atoms. The lowest BCUT2D eigenvalue weighted by Crippen LogP contribution is -2.56. The summed E-state index contributed by atoms with van der Waals surface area (Å²) < 4.78 is 19.4. The average molecular weight is 548 g/mol. The van der Waals surface area contributed by atoms with Crippen molar-refractivity contribution in [2.45, 2.75) is 38.8 Å². The molecule has 176 valence electrons. The van der Waals surface area contributed by atoms with Crippen molar-refractivity contribution >= 4 is 29.9 Å². The maximum Gasteiger partial charge on any atom is 0.191 e. The molecule has 0 aliphatic carbocycles. The van der Waals surface area contributed by atoms with Crippen LogP contribution in [0, 0.1) is 11.7 Å². The number of aliphatic imine (C=N–C) groups is 1. The Hall–Kier alpha value is -0.970. The number of hydrogen-bond acceptors (Lipinski definition) is 4. The number of benzene rings is 1. The van der Waals surface area contributed by atoms with Crippen LogP contribution in [-0.2, 0) is 11.3 Å². The number of ether oxygens (including phenoxy) is 1. The van der Waals surface area contributed by atoms with Gasteiger partial charge in [-0.25, -0.2) is 4.39 Å². The molecule has 0 unspecified atom stereocenters. The second-order valence-corrected chi connectivity index (χ2v) is 9.03. The highest BCUT2D eigenvalue weighted by molar-refractivity contribution is 14.0. The van der Waals surface area contributed by atoms with Crippen LogP contribution in [0.4, 0.5) is 4.39 Å². The second-order valence-electron chi connectivity index (χ2n) is 9.03. The number of halogens is 2. The number of morpholine rings is 1. The standard InChI is InChI=1S/C23H38FN5O.HI/c1-23(2,29-12-14-30-15-13-29)18-27-22(25-3)26-16-19-8-10-28(11-9-19)17-20-6-4-5-7-21(20)24;/h4-7,19H,8-18H2,1-3H3,(H2,25,26,27);1H. The molecular weight excluding hydrogens is 508 g/mol. The Morgan fingerprint density at radius 3 is 2.45 bits per heavy atom. The van der Waals surface area contributed by atoms with Crippen LogP contribution in [0.2, 0.25) is 0 Å². The number of likely N-dealkylation sites (tertiary alicyclic amines) is 1. The van der Waals surface area contributed by atoms with Crippen LogP contribution in [0.3, 0.4) is 0 Å². The molecule has 8 heteroatoms. The summed E-state index contributed by atoms with van der Waals surface area (Å²) in [5.41, 5.74) is 0.848. The SMILES string of the molecule is CN=C(NCC1CCN(Cc2ccccc2F)CC1)NCC(C)(C)N1CCOCC1.I. The van der Waals surface area contributed by atoms with E-state index in [1.807, 2.05) is 19.2 Å². The van der Waals surface area contributed by atoms with Gasteiger partial charge in [-0.05, 0) is 51.8 Å². The Balaban J connectivity index is 0.00000341. The molecule has 0 amide bonds. The minimum Gasteiger partial charge on any atom is -0.379 e. The number of hydrogen-bond donors (Lipinski definition) is 2. The van der Waals surface area contributed by atoms with E-state index in [0.717, 1.165) is 76.8 Å². The Kier molecular flexibility index (Phi) is 10.9. The Bertz CT molecular complexity index is 688. The van der Waals surface area contributed by atoms with E-state index in [9.17, 15) is 4.39 Å². The van der Waals surface area contributed by atoms with Gasteiger partial charge in [0.25, 0.3) is 0 Å². The number of nitrogens with one attached hydrogen (secondary N) is 2. The van der Waals surface area contributed by atoms with Gasteiger partial charge in [0.05, 0.1) is 13.2 Å². The number of nitrogens with zero attached hydrogens (tertiary/aromatic N) is 3. The van der Waals surface area contributed by atoms with Crippen LogP contribution < -0.4 is 10.6 Å². The van der Waals surface area contributed by atoms with Crippen LogP contribution in [0.15, 0.2) is 29.3 Å². The maximum atomic E-state index is 13.9. The zero-order valence-electron chi connectivity index (χ0n) is 19.2. The Morgan fingerprint density at radius 2 is 1.81 bits per heavy atom. The molecule has 2 aliphatic heterocycles. The first kappa shape index (κ1) is 26.3. The smallest absolute Gasteiger partial charge is 0.191 e. The predicted octanol–water partition coefficient (Wildman–Crippen LogP) is 2.93. The molecule has 0 aromatic heterocycles. The summed E-state index contributed by atoms with van der Waals surface area (Å²) in [6.07, 6.45) is 2.25. The van der Waals surface area contributed by atoms with Gasteiger partial charge in [0.1, 0.15) is 5.82 Å². The first-order valence-corrected chi connectivity index (χ1v) is 11.2. The quantitative estimate of drug-likeness (QED) is 0.313. The Labute approximate surface area is 204 Å². The molecule has 2 saturated heterocycles. The summed E-state index contributed by atoms with van der Waals surface area (Å²) in [5, 5.41) is 7.00. The van der Waals surface area contributed by atoms with E-state index in [-0.39, 0.29) is 35.3 Å². The average Bonchev–Trinajstić information content (AvgIpc) is 2.77. The molecule has 2 N–H and O–H groups in total. The van der Waals surface area contributed by atoms with Crippen LogP contribution in [-0.4, -0.2) is 80.8 Å². The van der Waals surface area contributed by atoms with Crippen molar-refractivity contribution in [2.75, 3.05) is 59.5 Å². The summed E-state index contributed by atoms with van der Waals surface area (Å²) >= 11 is 0. The lowest BCUT2D eigenvalue weighted by atomic mass is 9.96. The highest BCUT2D eigenvalue weighted by Crippen LogP contribution is 2.19. The van der Waals surface area contributed by atoms with E-state index in [1.54, 1.807) is 12.1 Å². The molecule has 6 nitrogen and oxygen atoms in total. The van der Waals surface area contributed by atoms with Crippen molar-refractivity contribution in [3.63, 3.8) is 0 Å². The summed E-state index contributed by atoms with van der Waals surface area (Å²) in [6.45, 7) is 12.6. The van der Waals surface area contributed by atoms with E-state index < -0.39 is 0 Å². The van der Waals surface area contributed by atoms with E-state index in [2.05, 4.69) is 39.3 Å². The van der Waals surface area contributed by atoms with Crippen LogP contribution in [0.25, 0.3) is 0 Å². The summed E-state index contributed by atoms with van der Waals surface area (Å²) in [6, 6.07) is 7.09. The zero-order chi connectivity index (χ0) is 21.4. The topological polar surface area (TPSA) is 52.1 Å². The maximum absolute atomic E-state index is 13.9. The molecule has 0 bridgehead atoms. The Morgan fingerprint density at radius 1 is 1.13 bits per heavy atom. The van der Waals surface area contributed by atoms with Gasteiger partial charge >= 0.3 is 0 Å². The van der Waals surface area contributed by atoms with Gasteiger partial charge in [0.15, 0.2) is 5.96 Å². The molecule has 2 aliphatic rings. The zero-order valence-corrected chi connectivity index (χ0v) is 21.5. The molecule has 31 heavy (non-hydrogen) atoms. The minimum atomic E-state index is -0.101. The van der Waals surface area contributed by atoms with Gasteiger partial charge in [-0.1, -0.05) is 18.2 Å². The minimum absolute atomic E-state index is 0. The van der Waals surface area contributed by atoms with Gasteiger partial charge in [0.2, 0.25) is 0 Å². The second kappa shape index (κ2) is 12.9. The third-order valence-electron chi connectivity index (χ3n) is 6.40. The van der Waals surface area contributed by atoms with Gasteiger partial charge in [-0.2, -0.15) is 0 Å². The van der Waals surface area contributed by atoms with Gasteiger partial charge in [-0.15, -0.1) is 24.0 Å². The fraction of sp³-hybridized carbons (Fsp3) is 0.696. The monoisotopic (exact) mass is 547 g/mol. The van der Waals surface area contributed by atoms with Crippen molar-refractivity contribution in [1.29, 1.82) is 0 Å². The first-order chi connectivity index (χ1) is 14.5. The van der Waals surface area contributed by atoms with Gasteiger partial charge < -0.3 is 15.4 Å². The van der Waals surface area contributed by atoms with Gasteiger partial charge in [0, 0.05) is 50.9 Å². The van der Waals surface area contributed by atoms with Crippen molar-refractivity contribution in [3.05, 3.63) is 35.6 Å². The van der Waals surface area contributed by atoms with Crippen molar-refractivity contribution in [2.24, 2.45) is 10.9 Å². The number of piperidine rings is 1.